The van der Waals surface area contributed by atoms with Crippen LogP contribution < -0.4 is 5.73 Å². The summed E-state index contributed by atoms with van der Waals surface area (Å²) in [4.78, 5) is 10.7. The van der Waals surface area contributed by atoms with E-state index in [1.165, 1.54) is 18.2 Å². The van der Waals surface area contributed by atoms with E-state index in [4.69, 9.17) is 16.1 Å². The van der Waals surface area contributed by atoms with Crippen molar-refractivity contribution in [3.05, 3.63) is 34.9 Å². The lowest BCUT2D eigenvalue weighted by Crippen LogP contribution is -2.11. The summed E-state index contributed by atoms with van der Waals surface area (Å²) in [6.45, 7) is -0.220. The molecule has 1 aromatic rings. The van der Waals surface area contributed by atoms with E-state index in [-0.39, 0.29) is 17.7 Å². The number of aliphatic hydroxyl groups is 1. The summed E-state index contributed by atoms with van der Waals surface area (Å²) in [5, 5.41) is 17.5. The second-order valence-corrected chi connectivity index (χ2v) is 2.51. The van der Waals surface area contributed by atoms with Crippen LogP contribution in [0, 0.1) is 11.3 Å². The minimum Gasteiger partial charge on any atom is -0.392 e. The highest BCUT2D eigenvalue weighted by Gasteiger charge is 2.05. The van der Waals surface area contributed by atoms with Crippen LogP contribution in [0.1, 0.15) is 21.5 Å². The van der Waals surface area contributed by atoms with E-state index < -0.39 is 5.91 Å². The highest BCUT2D eigenvalue weighted by atomic mass is 16.3. The molecule has 0 atom stereocenters. The summed E-state index contributed by atoms with van der Waals surface area (Å²) in [5.41, 5.74) is 6.06. The molecule has 66 valence electrons. The Kier molecular flexibility index (Phi) is 2.62. The second kappa shape index (κ2) is 3.70. The molecule has 1 amide bonds. The Balaban J connectivity index is 3.23. The monoisotopic (exact) mass is 176 g/mol. The first-order chi connectivity index (χ1) is 6.19. The van der Waals surface area contributed by atoms with Gasteiger partial charge >= 0.3 is 0 Å². The van der Waals surface area contributed by atoms with Gasteiger partial charge in [-0.2, -0.15) is 5.26 Å². The fourth-order valence-electron chi connectivity index (χ4n) is 0.972. The van der Waals surface area contributed by atoms with Crippen molar-refractivity contribution in [2.75, 3.05) is 0 Å². The minimum absolute atomic E-state index is 0.220. The van der Waals surface area contributed by atoms with E-state index in [2.05, 4.69) is 0 Å². The average molecular weight is 176 g/mol. The van der Waals surface area contributed by atoms with Gasteiger partial charge in [0.1, 0.15) is 0 Å². The van der Waals surface area contributed by atoms with Gasteiger partial charge < -0.3 is 10.8 Å². The van der Waals surface area contributed by atoms with Crippen LogP contribution in [0.3, 0.4) is 0 Å². The number of aliphatic hydroxyl groups excluding tert-OH is 1. The van der Waals surface area contributed by atoms with Crippen LogP contribution >= 0.6 is 0 Å². The number of nitriles is 1. The number of amides is 1. The van der Waals surface area contributed by atoms with Crippen LogP contribution in [0.2, 0.25) is 0 Å². The fraction of sp³-hybridized carbons (Fsp3) is 0.111. The predicted molar refractivity (Wildman–Crippen MR) is 45.6 cm³/mol. The maximum absolute atomic E-state index is 10.7. The summed E-state index contributed by atoms with van der Waals surface area (Å²) in [6, 6.07) is 6.24. The lowest BCUT2D eigenvalue weighted by atomic mass is 10.1. The molecule has 0 bridgehead atoms. The Morgan fingerprint density at radius 2 is 2.31 bits per heavy atom. The van der Waals surface area contributed by atoms with Crippen molar-refractivity contribution < 1.29 is 9.90 Å². The molecule has 0 aliphatic rings. The van der Waals surface area contributed by atoms with E-state index in [0.29, 0.717) is 5.56 Å². The molecular weight excluding hydrogens is 168 g/mol. The smallest absolute Gasteiger partial charge is 0.248 e. The number of rotatable bonds is 2. The molecule has 0 saturated carbocycles. The van der Waals surface area contributed by atoms with Crippen LogP contribution in [0.15, 0.2) is 18.2 Å². The number of primary amides is 1. The van der Waals surface area contributed by atoms with Crippen LogP contribution in [-0.2, 0) is 6.61 Å². The fourth-order valence-corrected chi connectivity index (χ4v) is 0.972. The van der Waals surface area contributed by atoms with Gasteiger partial charge in [0.05, 0.1) is 18.2 Å². The first kappa shape index (κ1) is 9.23. The number of benzene rings is 1. The maximum atomic E-state index is 10.7. The van der Waals surface area contributed by atoms with Gasteiger partial charge in [-0.15, -0.1) is 0 Å². The standard InChI is InChI=1S/C9H8N2O2/c10-4-8-3-6(9(11)13)1-2-7(8)5-12/h1-3,12H,5H2,(H2,11,13). The zero-order chi connectivity index (χ0) is 9.84. The molecule has 0 heterocycles. The van der Waals surface area contributed by atoms with Gasteiger partial charge in [0.15, 0.2) is 0 Å². The van der Waals surface area contributed by atoms with Gasteiger partial charge in [-0.1, -0.05) is 6.07 Å². The van der Waals surface area contributed by atoms with Crippen molar-refractivity contribution in [1.29, 1.82) is 5.26 Å². The Morgan fingerprint density at radius 1 is 1.62 bits per heavy atom. The topological polar surface area (TPSA) is 87.1 Å². The van der Waals surface area contributed by atoms with Gasteiger partial charge in [0, 0.05) is 5.56 Å². The molecule has 1 rings (SSSR count). The van der Waals surface area contributed by atoms with Crippen LogP contribution in [-0.4, -0.2) is 11.0 Å². The minimum atomic E-state index is -0.582. The van der Waals surface area contributed by atoms with Crippen LogP contribution in [0.4, 0.5) is 0 Å². The van der Waals surface area contributed by atoms with E-state index in [0.717, 1.165) is 0 Å². The van der Waals surface area contributed by atoms with Gasteiger partial charge in [-0.25, -0.2) is 0 Å². The Morgan fingerprint density at radius 3 is 2.77 bits per heavy atom. The molecule has 0 aliphatic carbocycles. The number of hydrogen-bond acceptors (Lipinski definition) is 3. The number of carbonyl (C=O) groups excluding carboxylic acids is 1. The normalized spacial score (nSPS) is 9.23. The summed E-state index contributed by atoms with van der Waals surface area (Å²) in [5.74, 6) is -0.582. The number of carbonyl (C=O) groups is 1. The molecule has 13 heavy (non-hydrogen) atoms. The molecule has 1 aromatic carbocycles. The summed E-state index contributed by atoms with van der Waals surface area (Å²) >= 11 is 0. The van der Waals surface area contributed by atoms with E-state index >= 15 is 0 Å². The lowest BCUT2D eigenvalue weighted by molar-refractivity contribution is 0.1000. The summed E-state index contributed by atoms with van der Waals surface area (Å²) in [7, 11) is 0. The van der Waals surface area contributed by atoms with Gasteiger partial charge in [-0.05, 0) is 17.7 Å². The van der Waals surface area contributed by atoms with Gasteiger partial charge in [0.2, 0.25) is 5.91 Å². The molecule has 0 unspecified atom stereocenters. The molecular formula is C9H8N2O2. The van der Waals surface area contributed by atoms with Gasteiger partial charge in [0.25, 0.3) is 0 Å². The Bertz CT molecular complexity index is 380. The third kappa shape index (κ3) is 1.83. The highest BCUT2D eigenvalue weighted by Crippen LogP contribution is 2.10. The number of nitrogens with zero attached hydrogens (tertiary/aromatic N) is 1. The van der Waals surface area contributed by atoms with E-state index in [1.807, 2.05) is 6.07 Å². The molecule has 0 aromatic heterocycles. The molecule has 0 fully saturated rings. The zero-order valence-corrected chi connectivity index (χ0v) is 6.82. The zero-order valence-electron chi connectivity index (χ0n) is 6.82. The highest BCUT2D eigenvalue weighted by molar-refractivity contribution is 5.93. The first-order valence-electron chi connectivity index (χ1n) is 3.62. The molecule has 0 aliphatic heterocycles. The Labute approximate surface area is 75.2 Å². The molecule has 0 radical (unpaired) electrons. The van der Waals surface area contributed by atoms with E-state index in [9.17, 15) is 4.79 Å². The second-order valence-electron chi connectivity index (χ2n) is 2.51. The third-order valence-corrected chi connectivity index (χ3v) is 1.69. The largest absolute Gasteiger partial charge is 0.392 e. The molecule has 4 heteroatoms. The molecule has 4 nitrogen and oxygen atoms in total. The van der Waals surface area contributed by atoms with E-state index in [1.54, 1.807) is 0 Å². The maximum Gasteiger partial charge on any atom is 0.248 e. The number of nitrogens with two attached hydrogens (primary N) is 1. The van der Waals surface area contributed by atoms with Crippen LogP contribution in [0.5, 0.6) is 0 Å². The number of hydrogen-bond donors (Lipinski definition) is 2. The predicted octanol–water partition coefficient (Wildman–Crippen LogP) is 0.149. The summed E-state index contributed by atoms with van der Waals surface area (Å²) in [6.07, 6.45) is 0. The average Bonchev–Trinajstić information content (AvgIpc) is 2.16. The summed E-state index contributed by atoms with van der Waals surface area (Å²) < 4.78 is 0. The van der Waals surface area contributed by atoms with Crippen LogP contribution in [0.25, 0.3) is 0 Å². The van der Waals surface area contributed by atoms with Crippen molar-refractivity contribution in [1.82, 2.24) is 0 Å². The van der Waals surface area contributed by atoms with Crippen molar-refractivity contribution in [2.45, 2.75) is 6.61 Å². The SMILES string of the molecule is N#Cc1cc(C(N)=O)ccc1CO. The van der Waals surface area contributed by atoms with Crippen molar-refractivity contribution in [3.8, 4) is 6.07 Å². The molecule has 0 saturated heterocycles. The lowest BCUT2D eigenvalue weighted by Gasteiger charge is -2.00. The van der Waals surface area contributed by atoms with Gasteiger partial charge in [-0.3, -0.25) is 4.79 Å². The van der Waals surface area contributed by atoms with Crippen molar-refractivity contribution in [3.63, 3.8) is 0 Å². The van der Waals surface area contributed by atoms with Crippen molar-refractivity contribution >= 4 is 5.91 Å². The molecule has 3 N–H and O–H groups in total. The quantitative estimate of drug-likeness (QED) is 0.672. The van der Waals surface area contributed by atoms with Crippen molar-refractivity contribution in [2.24, 2.45) is 5.73 Å². The molecule has 0 spiro atoms. The third-order valence-electron chi connectivity index (χ3n) is 1.69. The Hall–Kier alpha value is -1.86. The first-order valence-corrected chi connectivity index (χ1v) is 3.62.